The van der Waals surface area contributed by atoms with Crippen LogP contribution in [0.15, 0.2) is 61.3 Å². The van der Waals surface area contributed by atoms with Crippen molar-refractivity contribution in [3.8, 4) is 17.3 Å². The normalized spacial score (nSPS) is 15.2. The summed E-state index contributed by atoms with van der Waals surface area (Å²) in [5.74, 6) is 0.522. The van der Waals surface area contributed by atoms with Gasteiger partial charge in [0.2, 0.25) is 0 Å². The van der Waals surface area contributed by atoms with Gasteiger partial charge in [-0.15, -0.1) is 0 Å². The van der Waals surface area contributed by atoms with Crippen LogP contribution in [-0.4, -0.2) is 64.0 Å². The van der Waals surface area contributed by atoms with E-state index in [1.165, 1.54) is 0 Å². The summed E-state index contributed by atoms with van der Waals surface area (Å²) in [4.78, 5) is 27.7. The number of aromatic nitrogens is 7. The van der Waals surface area contributed by atoms with E-state index in [4.69, 9.17) is 9.84 Å². The Morgan fingerprint density at radius 3 is 2.68 bits per heavy atom. The van der Waals surface area contributed by atoms with Gasteiger partial charge in [0.15, 0.2) is 0 Å². The molecular weight excluding hydrogens is 518 g/mol. The van der Waals surface area contributed by atoms with Crippen LogP contribution in [0.3, 0.4) is 0 Å². The predicted molar refractivity (Wildman–Crippen MR) is 152 cm³/mol. The SMILES string of the molecule is CC(C)(C)OC(=O)N1CCC(CC#N)(n2cc(-c3cnc4ncc(Cc5ccc6ncccc6c5)n4n3)cn2)CC1. The molecule has 1 aromatic carbocycles. The molecule has 5 aromatic rings. The number of nitriles is 1. The van der Waals surface area contributed by atoms with Crippen LogP contribution >= 0.6 is 0 Å². The fourth-order valence-corrected chi connectivity index (χ4v) is 5.30. The van der Waals surface area contributed by atoms with Crippen LogP contribution in [0.4, 0.5) is 4.79 Å². The maximum Gasteiger partial charge on any atom is 0.410 e. The fraction of sp³-hybridized carbons (Fsp3) is 0.367. The second kappa shape index (κ2) is 10.3. The van der Waals surface area contributed by atoms with E-state index >= 15 is 0 Å². The molecule has 1 aliphatic rings. The molecule has 1 aliphatic heterocycles. The summed E-state index contributed by atoms with van der Waals surface area (Å²) in [6.45, 7) is 6.54. The van der Waals surface area contributed by atoms with Crippen LogP contribution in [0, 0.1) is 11.3 Å². The second-order valence-electron chi connectivity index (χ2n) is 11.5. The first-order chi connectivity index (χ1) is 19.7. The summed E-state index contributed by atoms with van der Waals surface area (Å²) < 4.78 is 9.17. The summed E-state index contributed by atoms with van der Waals surface area (Å²) in [5.41, 5.74) is 3.38. The molecule has 1 saturated heterocycles. The van der Waals surface area contributed by atoms with Crippen molar-refractivity contribution in [1.29, 1.82) is 5.26 Å². The summed E-state index contributed by atoms with van der Waals surface area (Å²) in [7, 11) is 0. The Balaban J connectivity index is 1.23. The molecule has 0 radical (unpaired) electrons. The van der Waals surface area contributed by atoms with Crippen LogP contribution in [0.2, 0.25) is 0 Å². The van der Waals surface area contributed by atoms with Crippen molar-refractivity contribution >= 4 is 22.8 Å². The summed E-state index contributed by atoms with van der Waals surface area (Å²) in [6, 6.07) is 12.5. The number of piperidine rings is 1. The number of rotatable bonds is 5. The molecule has 41 heavy (non-hydrogen) atoms. The second-order valence-corrected chi connectivity index (χ2v) is 11.5. The van der Waals surface area contributed by atoms with Crippen molar-refractivity contribution in [3.05, 3.63) is 72.6 Å². The van der Waals surface area contributed by atoms with Gasteiger partial charge in [-0.2, -0.15) is 15.5 Å². The van der Waals surface area contributed by atoms with Gasteiger partial charge in [0.05, 0.1) is 47.8 Å². The van der Waals surface area contributed by atoms with Gasteiger partial charge in [-0.05, 0) is 57.4 Å². The highest BCUT2D eigenvalue weighted by Gasteiger charge is 2.39. The molecule has 6 rings (SSSR count). The van der Waals surface area contributed by atoms with Crippen LogP contribution in [0.1, 0.15) is 51.3 Å². The Labute approximate surface area is 237 Å². The van der Waals surface area contributed by atoms with E-state index in [0.29, 0.717) is 43.8 Å². The molecule has 0 spiro atoms. The van der Waals surface area contributed by atoms with Crippen molar-refractivity contribution < 1.29 is 9.53 Å². The van der Waals surface area contributed by atoms with E-state index in [-0.39, 0.29) is 12.5 Å². The van der Waals surface area contributed by atoms with E-state index < -0.39 is 11.1 Å². The average Bonchev–Trinajstić information content (AvgIpc) is 3.61. The highest BCUT2D eigenvalue weighted by Crippen LogP contribution is 2.34. The molecule has 0 atom stereocenters. The third-order valence-electron chi connectivity index (χ3n) is 7.47. The van der Waals surface area contributed by atoms with Crippen molar-refractivity contribution in [3.63, 3.8) is 0 Å². The quantitative estimate of drug-likeness (QED) is 0.307. The first-order valence-corrected chi connectivity index (χ1v) is 13.7. The van der Waals surface area contributed by atoms with Crippen LogP contribution < -0.4 is 0 Å². The molecule has 0 bridgehead atoms. The Hall–Kier alpha value is -4.85. The van der Waals surface area contributed by atoms with Gasteiger partial charge in [0, 0.05) is 42.9 Å². The standard InChI is InChI=1S/C30H31N9O2/c1-29(2,3)41-28(40)37-13-9-30(8-11-31,10-14-37)38-20-23(17-35-38)26-19-34-27-33-18-24(39(27)36-26)16-21-6-7-25-22(15-21)5-4-12-32-25/h4-7,12,15,17-20H,8-10,13-14,16H2,1-3H3. The Bertz CT molecular complexity index is 1770. The van der Waals surface area contributed by atoms with Crippen molar-refractivity contribution in [2.24, 2.45) is 0 Å². The smallest absolute Gasteiger partial charge is 0.410 e. The third kappa shape index (κ3) is 5.33. The minimum Gasteiger partial charge on any atom is -0.444 e. The maximum atomic E-state index is 12.6. The Morgan fingerprint density at radius 2 is 1.90 bits per heavy atom. The van der Waals surface area contributed by atoms with E-state index in [1.807, 2.05) is 43.8 Å². The number of fused-ring (bicyclic) bond motifs is 2. The number of pyridine rings is 1. The summed E-state index contributed by atoms with van der Waals surface area (Å²) >= 11 is 0. The molecule has 1 fully saturated rings. The van der Waals surface area contributed by atoms with Gasteiger partial charge in [-0.3, -0.25) is 9.67 Å². The van der Waals surface area contributed by atoms with Gasteiger partial charge >= 0.3 is 6.09 Å². The molecule has 0 aliphatic carbocycles. The number of carbonyl (C=O) groups excluding carboxylic acids is 1. The zero-order valence-corrected chi connectivity index (χ0v) is 23.4. The number of hydrogen-bond acceptors (Lipinski definition) is 8. The highest BCUT2D eigenvalue weighted by atomic mass is 16.6. The minimum absolute atomic E-state index is 0.286. The lowest BCUT2D eigenvalue weighted by Gasteiger charge is -2.40. The number of likely N-dealkylation sites (tertiary alicyclic amines) is 1. The van der Waals surface area contributed by atoms with E-state index in [0.717, 1.165) is 27.7 Å². The van der Waals surface area contributed by atoms with E-state index in [2.05, 4.69) is 44.3 Å². The highest BCUT2D eigenvalue weighted by molar-refractivity contribution is 5.79. The number of carbonyl (C=O) groups is 1. The number of nitrogens with zero attached hydrogens (tertiary/aromatic N) is 9. The molecule has 5 heterocycles. The zero-order valence-electron chi connectivity index (χ0n) is 23.4. The van der Waals surface area contributed by atoms with Gasteiger partial charge in [-0.25, -0.2) is 19.3 Å². The predicted octanol–water partition coefficient (Wildman–Crippen LogP) is 4.77. The van der Waals surface area contributed by atoms with Crippen molar-refractivity contribution in [2.75, 3.05) is 13.1 Å². The lowest BCUT2D eigenvalue weighted by atomic mass is 9.85. The van der Waals surface area contributed by atoms with E-state index in [1.54, 1.807) is 34.2 Å². The molecule has 1 amide bonds. The summed E-state index contributed by atoms with van der Waals surface area (Å²) in [6.07, 6.45) is 10.7. The van der Waals surface area contributed by atoms with Crippen molar-refractivity contribution in [1.82, 2.24) is 39.2 Å². The monoisotopic (exact) mass is 549 g/mol. The largest absolute Gasteiger partial charge is 0.444 e. The lowest BCUT2D eigenvalue weighted by molar-refractivity contribution is 0.0105. The Kier molecular flexibility index (Phi) is 6.61. The number of benzene rings is 1. The first kappa shape index (κ1) is 26.4. The van der Waals surface area contributed by atoms with Gasteiger partial charge in [0.1, 0.15) is 11.3 Å². The van der Waals surface area contributed by atoms with Crippen LogP contribution in [-0.2, 0) is 16.7 Å². The molecule has 11 nitrogen and oxygen atoms in total. The minimum atomic E-state index is -0.556. The average molecular weight is 550 g/mol. The number of ether oxygens (including phenoxy) is 1. The van der Waals surface area contributed by atoms with Crippen molar-refractivity contribution in [2.45, 2.75) is 57.6 Å². The molecular formula is C30H31N9O2. The van der Waals surface area contributed by atoms with Gasteiger partial charge < -0.3 is 9.64 Å². The third-order valence-corrected chi connectivity index (χ3v) is 7.47. The zero-order chi connectivity index (χ0) is 28.6. The molecule has 0 N–H and O–H groups in total. The molecule has 208 valence electrons. The first-order valence-electron chi connectivity index (χ1n) is 13.7. The molecule has 11 heteroatoms. The topological polar surface area (TPSA) is 127 Å². The fourth-order valence-electron chi connectivity index (χ4n) is 5.30. The molecule has 4 aromatic heterocycles. The van der Waals surface area contributed by atoms with Crippen LogP contribution in [0.5, 0.6) is 0 Å². The van der Waals surface area contributed by atoms with Gasteiger partial charge in [-0.1, -0.05) is 12.1 Å². The molecule has 0 unspecified atom stereocenters. The maximum absolute atomic E-state index is 12.6. The summed E-state index contributed by atoms with van der Waals surface area (Å²) in [5, 5.41) is 20.3. The van der Waals surface area contributed by atoms with E-state index in [9.17, 15) is 10.1 Å². The number of hydrogen-bond donors (Lipinski definition) is 0. The van der Waals surface area contributed by atoms with Gasteiger partial charge in [0.25, 0.3) is 5.78 Å². The number of amides is 1. The lowest BCUT2D eigenvalue weighted by Crippen LogP contribution is -2.49. The molecule has 0 saturated carbocycles. The van der Waals surface area contributed by atoms with Crippen LogP contribution in [0.25, 0.3) is 27.9 Å². The number of imidazole rings is 1. The Morgan fingerprint density at radius 1 is 1.10 bits per heavy atom.